The number of hydrogen-bond donors (Lipinski definition) is 0. The van der Waals surface area contributed by atoms with Gasteiger partial charge in [-0.2, -0.15) is 0 Å². The van der Waals surface area contributed by atoms with E-state index in [1.165, 1.54) is 43.5 Å². The molecular weight excluding hydrogens is 512 g/mol. The summed E-state index contributed by atoms with van der Waals surface area (Å²) in [4.78, 5) is 44.9. The first-order chi connectivity index (χ1) is 18.6. The number of hydrogen-bond acceptors (Lipinski definition) is 10. The Balaban J connectivity index is 1.45. The normalized spacial score (nSPS) is 10.9. The number of aryl methyl sites for hydroxylation is 1. The van der Waals surface area contributed by atoms with Crippen molar-refractivity contribution in [2.45, 2.75) is 6.92 Å². The quantitative estimate of drug-likeness (QED) is 0.0709. The number of nitrogens with zero attached hydrogens (tertiary/aromatic N) is 2. The van der Waals surface area contributed by atoms with E-state index in [4.69, 9.17) is 18.6 Å². The van der Waals surface area contributed by atoms with Crippen molar-refractivity contribution in [1.82, 2.24) is 0 Å². The Bertz CT molecular complexity index is 1690. The van der Waals surface area contributed by atoms with Gasteiger partial charge in [-0.1, -0.05) is 12.1 Å². The van der Waals surface area contributed by atoms with Crippen LogP contribution in [0.25, 0.3) is 23.1 Å². The van der Waals surface area contributed by atoms with E-state index in [1.807, 2.05) is 0 Å². The van der Waals surface area contributed by atoms with Crippen LogP contribution >= 0.6 is 0 Å². The molecule has 0 bridgehead atoms. The molecule has 0 spiro atoms. The van der Waals surface area contributed by atoms with E-state index in [2.05, 4.69) is 0 Å². The third-order valence-electron chi connectivity index (χ3n) is 5.57. The lowest BCUT2D eigenvalue weighted by molar-refractivity contribution is -0.394. The minimum atomic E-state index is -0.719. The van der Waals surface area contributed by atoms with Gasteiger partial charge in [0.2, 0.25) is 0 Å². The van der Waals surface area contributed by atoms with Crippen LogP contribution in [-0.4, -0.2) is 29.5 Å². The topological polar surface area (TPSA) is 161 Å². The maximum atomic E-state index is 12.4. The van der Waals surface area contributed by atoms with E-state index in [0.29, 0.717) is 16.9 Å². The third-order valence-corrected chi connectivity index (χ3v) is 5.57. The molecule has 0 saturated heterocycles. The van der Waals surface area contributed by atoms with Gasteiger partial charge in [-0.15, -0.1) is 0 Å². The van der Waals surface area contributed by atoms with Gasteiger partial charge < -0.3 is 18.6 Å². The van der Waals surface area contributed by atoms with Crippen LogP contribution in [0, 0.1) is 27.2 Å². The number of benzene rings is 3. The summed E-state index contributed by atoms with van der Waals surface area (Å²) in [5.74, 6) is -0.0822. The smallest absolute Gasteiger partial charge is 0.349 e. The van der Waals surface area contributed by atoms with Crippen molar-refractivity contribution in [3.05, 3.63) is 108 Å². The number of ether oxygens (including phenoxy) is 3. The summed E-state index contributed by atoms with van der Waals surface area (Å²) >= 11 is 0. The minimum absolute atomic E-state index is 0.115. The van der Waals surface area contributed by atoms with Crippen LogP contribution in [0.1, 0.15) is 16.7 Å². The van der Waals surface area contributed by atoms with E-state index < -0.39 is 39.4 Å². The Labute approximate surface area is 220 Å². The Morgan fingerprint density at radius 3 is 2.46 bits per heavy atom. The molecule has 0 unspecified atom stereocenters. The van der Waals surface area contributed by atoms with E-state index in [-0.39, 0.29) is 17.1 Å². The van der Waals surface area contributed by atoms with Gasteiger partial charge in [0.05, 0.1) is 28.6 Å². The average molecular weight is 532 g/mol. The van der Waals surface area contributed by atoms with E-state index in [1.54, 1.807) is 37.3 Å². The first-order valence-electron chi connectivity index (χ1n) is 11.3. The number of nitro benzene ring substituents is 2. The van der Waals surface area contributed by atoms with E-state index in [9.17, 15) is 29.8 Å². The maximum Gasteiger partial charge on any atom is 0.349 e. The van der Waals surface area contributed by atoms with Gasteiger partial charge in [0, 0.05) is 23.6 Å². The highest BCUT2D eigenvalue weighted by Gasteiger charge is 2.18. The van der Waals surface area contributed by atoms with Gasteiger partial charge in [0.1, 0.15) is 11.3 Å². The van der Waals surface area contributed by atoms with Crippen molar-refractivity contribution in [2.75, 3.05) is 13.7 Å². The zero-order chi connectivity index (χ0) is 28.1. The fourth-order valence-electron chi connectivity index (χ4n) is 3.69. The fraction of sp³-hybridized carbons (Fsp3) is 0.111. The van der Waals surface area contributed by atoms with Crippen LogP contribution < -0.4 is 19.8 Å². The summed E-state index contributed by atoms with van der Waals surface area (Å²) in [5, 5.41) is 23.0. The number of methoxy groups -OCH3 is 1. The Morgan fingerprint density at radius 1 is 0.949 bits per heavy atom. The summed E-state index contributed by atoms with van der Waals surface area (Å²) in [5.41, 5.74) is 0.509. The number of carbonyl (C=O) groups excluding carboxylic acids is 1. The molecule has 0 radical (unpaired) electrons. The maximum absolute atomic E-state index is 12.4. The minimum Gasteiger partial charge on any atom is -0.493 e. The van der Waals surface area contributed by atoms with Gasteiger partial charge in [-0.3, -0.25) is 20.2 Å². The Morgan fingerprint density at radius 2 is 1.74 bits per heavy atom. The third kappa shape index (κ3) is 6.25. The number of rotatable bonds is 9. The van der Waals surface area contributed by atoms with E-state index in [0.717, 1.165) is 17.0 Å². The van der Waals surface area contributed by atoms with Crippen LogP contribution in [0.3, 0.4) is 0 Å². The predicted molar refractivity (Wildman–Crippen MR) is 140 cm³/mol. The number of carbonyl (C=O) groups is 1. The molecule has 0 amide bonds. The van der Waals surface area contributed by atoms with Crippen molar-refractivity contribution in [3.8, 4) is 17.2 Å². The molecule has 198 valence electrons. The molecule has 1 aromatic heterocycles. The number of esters is 1. The second kappa shape index (κ2) is 11.3. The molecule has 12 nitrogen and oxygen atoms in total. The molecule has 1 heterocycles. The van der Waals surface area contributed by atoms with E-state index >= 15 is 0 Å². The highest BCUT2D eigenvalue weighted by atomic mass is 16.6. The average Bonchev–Trinajstić information content (AvgIpc) is 2.90. The molecule has 0 N–H and O–H groups in total. The zero-order valence-corrected chi connectivity index (χ0v) is 20.6. The molecule has 0 saturated carbocycles. The van der Waals surface area contributed by atoms with Crippen molar-refractivity contribution in [3.63, 3.8) is 0 Å². The van der Waals surface area contributed by atoms with Gasteiger partial charge in [-0.05, 0) is 54.5 Å². The highest BCUT2D eigenvalue weighted by molar-refractivity contribution is 5.82. The molecule has 0 aliphatic heterocycles. The van der Waals surface area contributed by atoms with Gasteiger partial charge in [0.25, 0.3) is 11.4 Å². The number of non-ortho nitro benzene ring substituents is 1. The molecule has 12 heteroatoms. The summed E-state index contributed by atoms with van der Waals surface area (Å²) in [6.07, 6.45) is 2.98. The number of fused-ring (bicyclic) bond motifs is 1. The van der Waals surface area contributed by atoms with Gasteiger partial charge >= 0.3 is 11.6 Å². The largest absolute Gasteiger partial charge is 0.493 e. The zero-order valence-electron chi connectivity index (χ0n) is 20.6. The van der Waals surface area contributed by atoms with Crippen LogP contribution in [0.15, 0.2) is 69.9 Å². The second-order valence-corrected chi connectivity index (χ2v) is 8.17. The molecule has 4 aromatic rings. The monoisotopic (exact) mass is 532 g/mol. The summed E-state index contributed by atoms with van der Waals surface area (Å²) in [6.45, 7) is 1.35. The number of nitro groups is 2. The van der Waals surface area contributed by atoms with Crippen molar-refractivity contribution >= 4 is 40.5 Å². The first-order valence-corrected chi connectivity index (χ1v) is 11.3. The Hall–Kier alpha value is -5.52. The molecule has 3 aromatic carbocycles. The van der Waals surface area contributed by atoms with Crippen molar-refractivity contribution < 1.29 is 33.3 Å². The molecule has 4 rings (SSSR count). The molecule has 0 atom stereocenters. The van der Waals surface area contributed by atoms with Gasteiger partial charge in [-0.25, -0.2) is 9.59 Å². The summed E-state index contributed by atoms with van der Waals surface area (Å²) < 4.78 is 21.3. The van der Waals surface area contributed by atoms with Crippen molar-refractivity contribution in [1.29, 1.82) is 0 Å². The standard InChI is InChI=1S/C27H20N2O10/c1-16-11-26(30)39-24-14-20(8-9-21(16)24)37-15-27(31)38-23-10-4-17(12-25(23)36-2)3-5-18-6-7-19(28(32)33)13-22(18)29(34)35/h3-14H,15H2,1-2H3. The molecule has 0 aliphatic rings. The van der Waals surface area contributed by atoms with Crippen LogP contribution in [0.4, 0.5) is 11.4 Å². The first kappa shape index (κ1) is 26.5. The SMILES string of the molecule is COc1cc(C=Cc2ccc([N+](=O)[O-])cc2[N+](=O)[O-])ccc1OC(=O)COc1ccc2c(C)cc(=O)oc2c1. The predicted octanol–water partition coefficient (Wildman–Crippen LogP) is 5.08. The van der Waals surface area contributed by atoms with Gasteiger partial charge in [0.15, 0.2) is 18.1 Å². The second-order valence-electron chi connectivity index (χ2n) is 8.17. The molecular formula is C27H20N2O10. The highest BCUT2D eigenvalue weighted by Crippen LogP contribution is 2.31. The lowest BCUT2D eigenvalue weighted by Crippen LogP contribution is -2.18. The Kier molecular flexibility index (Phi) is 7.66. The van der Waals surface area contributed by atoms with Crippen molar-refractivity contribution in [2.24, 2.45) is 0 Å². The van der Waals surface area contributed by atoms with Crippen LogP contribution in [-0.2, 0) is 4.79 Å². The molecule has 0 fully saturated rings. The lowest BCUT2D eigenvalue weighted by atomic mass is 10.1. The molecule has 0 aliphatic carbocycles. The van der Waals surface area contributed by atoms with Crippen LogP contribution in [0.5, 0.6) is 17.2 Å². The van der Waals surface area contributed by atoms with Crippen LogP contribution in [0.2, 0.25) is 0 Å². The lowest BCUT2D eigenvalue weighted by Gasteiger charge is -2.11. The fourth-order valence-corrected chi connectivity index (χ4v) is 3.69. The summed E-state index contributed by atoms with van der Waals surface area (Å²) in [6, 6.07) is 14.2. The molecule has 39 heavy (non-hydrogen) atoms. The summed E-state index contributed by atoms with van der Waals surface area (Å²) in [7, 11) is 1.38.